The summed E-state index contributed by atoms with van der Waals surface area (Å²) in [5.74, 6) is 0.591. The zero-order valence-corrected chi connectivity index (χ0v) is 11.6. The molecule has 0 radical (unpaired) electrons. The highest BCUT2D eigenvalue weighted by Crippen LogP contribution is 2.27. The number of rotatable bonds is 5. The summed E-state index contributed by atoms with van der Waals surface area (Å²) >= 11 is 0. The van der Waals surface area contributed by atoms with Crippen molar-refractivity contribution in [2.45, 2.75) is 59.1 Å². The zero-order chi connectivity index (χ0) is 13.1. The Labute approximate surface area is 103 Å². The summed E-state index contributed by atoms with van der Waals surface area (Å²) in [6, 6.07) is 0.437. The van der Waals surface area contributed by atoms with Crippen molar-refractivity contribution in [1.82, 2.24) is 10.1 Å². The van der Waals surface area contributed by atoms with Gasteiger partial charge < -0.3 is 14.6 Å². The van der Waals surface area contributed by atoms with Crippen LogP contribution < -0.4 is 5.32 Å². The Bertz CT molecular complexity index is 357. The molecule has 0 aliphatic heterocycles. The van der Waals surface area contributed by atoms with E-state index in [-0.39, 0.29) is 5.54 Å². The highest BCUT2D eigenvalue weighted by molar-refractivity contribution is 5.23. The van der Waals surface area contributed by atoms with Crippen molar-refractivity contribution in [3.05, 3.63) is 5.82 Å². The third-order valence-electron chi connectivity index (χ3n) is 2.52. The van der Waals surface area contributed by atoms with E-state index in [9.17, 15) is 0 Å². The number of hydrogen-bond donors (Lipinski definition) is 1. The monoisotopic (exact) mass is 241 g/mol. The van der Waals surface area contributed by atoms with Gasteiger partial charge in [-0.1, -0.05) is 12.1 Å². The quantitative estimate of drug-likeness (QED) is 0.858. The van der Waals surface area contributed by atoms with Crippen LogP contribution in [0.5, 0.6) is 0 Å². The maximum absolute atomic E-state index is 5.70. The summed E-state index contributed by atoms with van der Waals surface area (Å²) in [6.07, 6.45) is 0.801. The molecule has 5 heteroatoms. The Kier molecular flexibility index (Phi) is 4.14. The summed E-state index contributed by atoms with van der Waals surface area (Å²) in [6.45, 7) is 12.7. The number of ether oxygens (including phenoxy) is 1. The Morgan fingerprint density at radius 2 is 1.88 bits per heavy atom. The van der Waals surface area contributed by atoms with Gasteiger partial charge in [0, 0.05) is 12.1 Å². The lowest BCUT2D eigenvalue weighted by Gasteiger charge is -2.24. The van der Waals surface area contributed by atoms with E-state index in [1.807, 2.05) is 41.5 Å². The first-order valence-corrected chi connectivity index (χ1v) is 6.07. The third-order valence-corrected chi connectivity index (χ3v) is 2.52. The molecule has 0 aromatic carbocycles. The molecule has 1 atom stereocenters. The molecule has 5 nitrogen and oxygen atoms in total. The van der Waals surface area contributed by atoms with Crippen LogP contribution in [0.4, 0.5) is 6.01 Å². The predicted octanol–water partition coefficient (Wildman–Crippen LogP) is 2.94. The predicted molar refractivity (Wildman–Crippen MR) is 66.9 cm³/mol. The van der Waals surface area contributed by atoms with Gasteiger partial charge in [-0.15, -0.1) is 0 Å². The summed E-state index contributed by atoms with van der Waals surface area (Å²) in [7, 11) is 0. The first-order valence-electron chi connectivity index (χ1n) is 6.07. The van der Waals surface area contributed by atoms with Gasteiger partial charge in [-0.25, -0.2) is 0 Å². The van der Waals surface area contributed by atoms with Gasteiger partial charge >= 0.3 is 6.01 Å². The highest BCUT2D eigenvalue weighted by Gasteiger charge is 2.31. The molecule has 1 heterocycles. The minimum Gasteiger partial charge on any atom is -0.367 e. The first kappa shape index (κ1) is 14.0. The van der Waals surface area contributed by atoms with Gasteiger partial charge in [0.25, 0.3) is 0 Å². The van der Waals surface area contributed by atoms with Crippen LogP contribution in [-0.2, 0) is 10.3 Å². The largest absolute Gasteiger partial charge is 0.367 e. The lowest BCUT2D eigenvalue weighted by atomic mass is 10.0. The number of anilines is 1. The van der Waals surface area contributed by atoms with Gasteiger partial charge in [0.05, 0.1) is 0 Å². The molecule has 0 spiro atoms. The van der Waals surface area contributed by atoms with Gasteiger partial charge in [-0.2, -0.15) is 4.98 Å². The van der Waals surface area contributed by atoms with E-state index in [1.165, 1.54) is 0 Å². The molecule has 1 unspecified atom stereocenters. The first-order chi connectivity index (χ1) is 7.80. The molecule has 1 rings (SSSR count). The molecule has 1 N–H and O–H groups in total. The Morgan fingerprint density at radius 3 is 2.35 bits per heavy atom. The molecule has 0 saturated carbocycles. The lowest BCUT2D eigenvalue weighted by Crippen LogP contribution is -2.28. The molecular formula is C12H23N3O2. The van der Waals surface area contributed by atoms with Crippen molar-refractivity contribution < 1.29 is 9.26 Å². The van der Waals surface area contributed by atoms with E-state index in [0.29, 0.717) is 18.4 Å². The van der Waals surface area contributed by atoms with Crippen LogP contribution in [0.25, 0.3) is 0 Å². The maximum atomic E-state index is 5.70. The standard InChI is InChI=1S/C12H23N3O2/c1-7-12(6,16-8-2)9-13-10(17-15-9)14-11(3,4)5/h7-8H2,1-6H3,(H,13,14,15). The van der Waals surface area contributed by atoms with E-state index in [1.54, 1.807) is 0 Å². The number of hydrogen-bond acceptors (Lipinski definition) is 5. The molecule has 0 aliphatic rings. The fraction of sp³-hybridized carbons (Fsp3) is 0.833. The van der Waals surface area contributed by atoms with Gasteiger partial charge in [0.15, 0.2) is 0 Å². The smallest absolute Gasteiger partial charge is 0.321 e. The van der Waals surface area contributed by atoms with Crippen LogP contribution in [0.2, 0.25) is 0 Å². The molecule has 0 amide bonds. The summed E-state index contributed by atoms with van der Waals surface area (Å²) in [5.41, 5.74) is -0.575. The van der Waals surface area contributed by atoms with Crippen molar-refractivity contribution in [2.24, 2.45) is 0 Å². The van der Waals surface area contributed by atoms with E-state index >= 15 is 0 Å². The lowest BCUT2D eigenvalue weighted by molar-refractivity contribution is -0.0403. The van der Waals surface area contributed by atoms with Crippen molar-refractivity contribution in [2.75, 3.05) is 11.9 Å². The molecule has 0 aliphatic carbocycles. The van der Waals surface area contributed by atoms with Crippen molar-refractivity contribution >= 4 is 6.01 Å². The van der Waals surface area contributed by atoms with Gasteiger partial charge in [0.1, 0.15) is 5.60 Å². The second-order valence-electron chi connectivity index (χ2n) is 5.32. The fourth-order valence-corrected chi connectivity index (χ4v) is 1.45. The Morgan fingerprint density at radius 1 is 1.24 bits per heavy atom. The van der Waals surface area contributed by atoms with Crippen LogP contribution in [-0.4, -0.2) is 22.3 Å². The van der Waals surface area contributed by atoms with E-state index in [2.05, 4.69) is 15.5 Å². The molecule has 17 heavy (non-hydrogen) atoms. The van der Waals surface area contributed by atoms with Crippen LogP contribution in [0.1, 0.15) is 53.8 Å². The van der Waals surface area contributed by atoms with E-state index in [4.69, 9.17) is 9.26 Å². The topological polar surface area (TPSA) is 60.2 Å². The number of aromatic nitrogens is 2. The molecule has 0 bridgehead atoms. The van der Waals surface area contributed by atoms with Crippen LogP contribution in [0, 0.1) is 0 Å². The second-order valence-corrected chi connectivity index (χ2v) is 5.32. The summed E-state index contributed by atoms with van der Waals surface area (Å²) in [5, 5.41) is 7.13. The number of nitrogens with one attached hydrogen (secondary N) is 1. The normalized spacial score (nSPS) is 15.6. The highest BCUT2D eigenvalue weighted by atomic mass is 16.5. The van der Waals surface area contributed by atoms with Gasteiger partial charge in [0.2, 0.25) is 5.82 Å². The SMILES string of the molecule is CCOC(C)(CC)c1noc(NC(C)(C)C)n1. The van der Waals surface area contributed by atoms with Crippen LogP contribution in [0.15, 0.2) is 4.52 Å². The third kappa shape index (κ3) is 3.70. The molecular weight excluding hydrogens is 218 g/mol. The average Bonchev–Trinajstić information content (AvgIpc) is 2.64. The minimum absolute atomic E-state index is 0.0992. The number of nitrogens with zero attached hydrogens (tertiary/aromatic N) is 2. The average molecular weight is 241 g/mol. The second kappa shape index (κ2) is 5.04. The van der Waals surface area contributed by atoms with E-state index < -0.39 is 5.60 Å². The van der Waals surface area contributed by atoms with Crippen molar-refractivity contribution in [3.63, 3.8) is 0 Å². The molecule has 98 valence electrons. The van der Waals surface area contributed by atoms with Crippen LogP contribution >= 0.6 is 0 Å². The zero-order valence-electron chi connectivity index (χ0n) is 11.6. The maximum Gasteiger partial charge on any atom is 0.321 e. The van der Waals surface area contributed by atoms with Crippen molar-refractivity contribution in [1.29, 1.82) is 0 Å². The Balaban J connectivity index is 2.86. The Hall–Kier alpha value is -1.10. The summed E-state index contributed by atoms with van der Waals surface area (Å²) in [4.78, 5) is 4.34. The fourth-order valence-electron chi connectivity index (χ4n) is 1.45. The molecule has 1 aromatic rings. The van der Waals surface area contributed by atoms with E-state index in [0.717, 1.165) is 6.42 Å². The molecule has 1 aromatic heterocycles. The van der Waals surface area contributed by atoms with Crippen LogP contribution in [0.3, 0.4) is 0 Å². The minimum atomic E-state index is -0.476. The molecule has 0 fully saturated rings. The summed E-state index contributed by atoms with van der Waals surface area (Å²) < 4.78 is 10.9. The van der Waals surface area contributed by atoms with Gasteiger partial charge in [-0.05, 0) is 41.0 Å². The molecule has 0 saturated heterocycles. The van der Waals surface area contributed by atoms with Gasteiger partial charge in [-0.3, -0.25) is 0 Å². The van der Waals surface area contributed by atoms with Crippen molar-refractivity contribution in [3.8, 4) is 0 Å².